The number of aromatic nitrogens is 3. The summed E-state index contributed by atoms with van der Waals surface area (Å²) < 4.78 is 1.99. The number of anilines is 1. The van der Waals surface area contributed by atoms with Gasteiger partial charge < -0.3 is 9.67 Å². The van der Waals surface area contributed by atoms with E-state index in [-0.39, 0.29) is 12.3 Å². The number of thiazole rings is 1. The Labute approximate surface area is 218 Å². The number of fused-ring (bicyclic) bond motifs is 1. The van der Waals surface area contributed by atoms with Gasteiger partial charge in [-0.15, -0.1) is 11.3 Å². The summed E-state index contributed by atoms with van der Waals surface area (Å²) in [5.74, 6) is -1.95. The third-order valence-corrected chi connectivity index (χ3v) is 7.34. The van der Waals surface area contributed by atoms with Gasteiger partial charge in [-0.2, -0.15) is 0 Å². The Morgan fingerprint density at radius 3 is 2.54 bits per heavy atom. The average Bonchev–Trinajstić information content (AvgIpc) is 3.55. The standard InChI is InChI=1S/C29H26N4O3S/c1-32-13-12-20-15-22(17-30-27(20)32)23-10-6-7-11-24(23)25-18-37-29(31-25)33(2)28(36)21(16-26(34)35)14-19-8-4-3-5-9-19/h3-13,15,17-18,21H,14,16H2,1-2H3,(H,34,35). The van der Waals surface area contributed by atoms with Crippen molar-refractivity contribution < 1.29 is 14.7 Å². The van der Waals surface area contributed by atoms with E-state index < -0.39 is 11.9 Å². The Morgan fingerprint density at radius 1 is 1.05 bits per heavy atom. The lowest BCUT2D eigenvalue weighted by Crippen LogP contribution is -2.35. The van der Waals surface area contributed by atoms with Crippen molar-refractivity contribution in [2.45, 2.75) is 12.8 Å². The number of amides is 1. The fourth-order valence-corrected chi connectivity index (χ4v) is 5.32. The maximum atomic E-state index is 13.4. The largest absolute Gasteiger partial charge is 0.481 e. The third kappa shape index (κ3) is 5.15. The lowest BCUT2D eigenvalue weighted by atomic mass is 9.95. The first-order valence-corrected chi connectivity index (χ1v) is 12.8. The number of carbonyl (C=O) groups is 2. The van der Waals surface area contributed by atoms with Crippen LogP contribution in [0.15, 0.2) is 84.5 Å². The van der Waals surface area contributed by atoms with Crippen LogP contribution >= 0.6 is 11.3 Å². The normalized spacial score (nSPS) is 11.9. The number of benzene rings is 2. The lowest BCUT2D eigenvalue weighted by Gasteiger charge is -2.21. The summed E-state index contributed by atoms with van der Waals surface area (Å²) in [6.07, 6.45) is 3.97. The Balaban J connectivity index is 1.42. The predicted octanol–water partition coefficient (Wildman–Crippen LogP) is 5.66. The van der Waals surface area contributed by atoms with Gasteiger partial charge in [-0.3, -0.25) is 14.5 Å². The highest BCUT2D eigenvalue weighted by atomic mass is 32.1. The van der Waals surface area contributed by atoms with Crippen LogP contribution in [0, 0.1) is 5.92 Å². The summed E-state index contributed by atoms with van der Waals surface area (Å²) in [6.45, 7) is 0. The number of carboxylic acids is 1. The second-order valence-corrected chi connectivity index (χ2v) is 9.84. The Kier molecular flexibility index (Phi) is 6.83. The van der Waals surface area contributed by atoms with Crippen LogP contribution in [-0.2, 0) is 23.1 Å². The smallest absolute Gasteiger partial charge is 0.304 e. The Morgan fingerprint density at radius 2 is 1.78 bits per heavy atom. The maximum absolute atomic E-state index is 13.4. The number of pyridine rings is 1. The van der Waals surface area contributed by atoms with Gasteiger partial charge in [-0.25, -0.2) is 9.97 Å². The van der Waals surface area contributed by atoms with Crippen molar-refractivity contribution in [1.29, 1.82) is 0 Å². The number of hydrogen-bond donors (Lipinski definition) is 1. The number of aryl methyl sites for hydroxylation is 1. The average molecular weight is 511 g/mol. The summed E-state index contributed by atoms with van der Waals surface area (Å²) in [4.78, 5) is 35.8. The van der Waals surface area contributed by atoms with Crippen molar-refractivity contribution in [1.82, 2.24) is 14.5 Å². The van der Waals surface area contributed by atoms with Crippen LogP contribution in [0.25, 0.3) is 33.4 Å². The van der Waals surface area contributed by atoms with E-state index in [4.69, 9.17) is 4.98 Å². The molecule has 3 aromatic heterocycles. The summed E-state index contributed by atoms with van der Waals surface area (Å²) >= 11 is 1.36. The van der Waals surface area contributed by atoms with Gasteiger partial charge in [0.15, 0.2) is 5.13 Å². The summed E-state index contributed by atoms with van der Waals surface area (Å²) in [5.41, 5.74) is 5.52. The second-order valence-electron chi connectivity index (χ2n) is 9.01. The number of rotatable bonds is 8. The number of aliphatic carboxylic acids is 1. The van der Waals surface area contributed by atoms with Gasteiger partial charge in [0, 0.05) is 48.4 Å². The van der Waals surface area contributed by atoms with Crippen molar-refractivity contribution in [3.05, 3.63) is 90.1 Å². The van der Waals surface area contributed by atoms with Gasteiger partial charge in [-0.05, 0) is 29.7 Å². The number of carboxylic acid groups (broad SMARTS) is 1. The van der Waals surface area contributed by atoms with Crippen molar-refractivity contribution in [3.8, 4) is 22.4 Å². The molecule has 37 heavy (non-hydrogen) atoms. The highest BCUT2D eigenvalue weighted by Crippen LogP contribution is 2.35. The quantitative estimate of drug-likeness (QED) is 0.291. The van der Waals surface area contributed by atoms with Gasteiger partial charge in [0.05, 0.1) is 18.0 Å². The fourth-order valence-electron chi connectivity index (χ4n) is 4.53. The van der Waals surface area contributed by atoms with E-state index in [1.807, 2.05) is 90.1 Å². The number of carbonyl (C=O) groups excluding carboxylic acids is 1. The van der Waals surface area contributed by atoms with Gasteiger partial charge >= 0.3 is 5.97 Å². The van der Waals surface area contributed by atoms with Crippen LogP contribution in [0.1, 0.15) is 12.0 Å². The van der Waals surface area contributed by atoms with Gasteiger partial charge in [0.2, 0.25) is 5.91 Å². The molecule has 8 heteroatoms. The summed E-state index contributed by atoms with van der Waals surface area (Å²) in [7, 11) is 3.63. The van der Waals surface area contributed by atoms with Crippen LogP contribution in [0.3, 0.4) is 0 Å². The molecule has 3 heterocycles. The Bertz CT molecular complexity index is 1570. The van der Waals surface area contributed by atoms with E-state index in [0.29, 0.717) is 11.6 Å². The number of hydrogen-bond acceptors (Lipinski definition) is 5. The van der Waals surface area contributed by atoms with Crippen LogP contribution in [0.4, 0.5) is 5.13 Å². The molecule has 7 nitrogen and oxygen atoms in total. The van der Waals surface area contributed by atoms with Crippen LogP contribution in [0.2, 0.25) is 0 Å². The van der Waals surface area contributed by atoms with Crippen molar-refractivity contribution in [3.63, 3.8) is 0 Å². The van der Waals surface area contributed by atoms with Gasteiger partial charge in [0.1, 0.15) is 5.65 Å². The van der Waals surface area contributed by atoms with E-state index in [0.717, 1.165) is 39.0 Å². The molecule has 186 valence electrons. The first kappa shape index (κ1) is 24.4. The minimum Gasteiger partial charge on any atom is -0.481 e. The molecule has 0 aliphatic heterocycles. The molecule has 0 aliphatic rings. The van der Waals surface area contributed by atoms with E-state index >= 15 is 0 Å². The highest BCUT2D eigenvalue weighted by Gasteiger charge is 2.27. The molecule has 0 radical (unpaired) electrons. The van der Waals surface area contributed by atoms with Crippen LogP contribution in [-0.4, -0.2) is 38.6 Å². The van der Waals surface area contributed by atoms with Crippen molar-refractivity contribution in [2.75, 3.05) is 11.9 Å². The number of nitrogens with zero attached hydrogens (tertiary/aromatic N) is 4. The van der Waals surface area contributed by atoms with Crippen LogP contribution < -0.4 is 4.90 Å². The van der Waals surface area contributed by atoms with E-state index in [1.54, 1.807) is 7.05 Å². The van der Waals surface area contributed by atoms with Gasteiger partial charge in [-0.1, -0.05) is 54.6 Å². The van der Waals surface area contributed by atoms with E-state index in [1.165, 1.54) is 16.2 Å². The molecule has 0 saturated carbocycles. The molecule has 1 amide bonds. The zero-order valence-electron chi connectivity index (χ0n) is 20.5. The minimum atomic E-state index is -1.000. The third-order valence-electron chi connectivity index (χ3n) is 6.43. The molecule has 0 aliphatic carbocycles. The SMILES string of the molecule is CN(C(=O)C(CC(=O)O)Cc1ccccc1)c1nc(-c2ccccc2-c2cnc3c(ccn3C)c2)cs1. The molecule has 5 rings (SSSR count). The molecule has 0 bridgehead atoms. The second kappa shape index (κ2) is 10.4. The maximum Gasteiger partial charge on any atom is 0.304 e. The topological polar surface area (TPSA) is 88.3 Å². The van der Waals surface area contributed by atoms with E-state index in [2.05, 4.69) is 11.1 Å². The molecule has 5 aromatic rings. The summed E-state index contributed by atoms with van der Waals surface area (Å²) in [5, 5.41) is 12.9. The zero-order chi connectivity index (χ0) is 25.9. The molecule has 0 saturated heterocycles. The highest BCUT2D eigenvalue weighted by molar-refractivity contribution is 7.14. The monoisotopic (exact) mass is 510 g/mol. The summed E-state index contributed by atoms with van der Waals surface area (Å²) in [6, 6.07) is 21.6. The molecule has 1 atom stereocenters. The van der Waals surface area contributed by atoms with E-state index in [9.17, 15) is 14.7 Å². The van der Waals surface area contributed by atoms with Crippen molar-refractivity contribution >= 4 is 39.4 Å². The molecule has 2 aromatic carbocycles. The minimum absolute atomic E-state index is 0.242. The van der Waals surface area contributed by atoms with Crippen molar-refractivity contribution in [2.24, 2.45) is 13.0 Å². The first-order valence-electron chi connectivity index (χ1n) is 11.9. The molecular formula is C29H26N4O3S. The molecule has 0 fully saturated rings. The molecule has 1 unspecified atom stereocenters. The Hall–Kier alpha value is -4.30. The lowest BCUT2D eigenvalue weighted by molar-refractivity contribution is -0.140. The first-order chi connectivity index (χ1) is 17.9. The predicted molar refractivity (Wildman–Crippen MR) is 147 cm³/mol. The van der Waals surface area contributed by atoms with Gasteiger partial charge in [0.25, 0.3) is 0 Å². The molecular weight excluding hydrogens is 484 g/mol. The fraction of sp³-hybridized carbons (Fsp3) is 0.172. The molecule has 1 N–H and O–H groups in total. The molecule has 0 spiro atoms. The van der Waals surface area contributed by atoms with Crippen LogP contribution in [0.5, 0.6) is 0 Å². The zero-order valence-corrected chi connectivity index (χ0v) is 21.4.